The third-order valence-corrected chi connectivity index (χ3v) is 3.14. The van der Waals surface area contributed by atoms with Gasteiger partial charge >= 0.3 is 0 Å². The van der Waals surface area contributed by atoms with Crippen molar-refractivity contribution < 1.29 is 0 Å². The zero-order valence-electron chi connectivity index (χ0n) is 9.95. The van der Waals surface area contributed by atoms with Crippen molar-refractivity contribution in [2.45, 2.75) is 38.6 Å². The molecule has 0 heterocycles. The number of nitrogens with zero attached hydrogens (tertiary/aromatic N) is 1. The SMILES string of the molecule is CCCCN(c1ccc(N)c(N)c1)C1CC1. The molecule has 0 aromatic heterocycles. The van der Waals surface area contributed by atoms with Gasteiger partial charge in [-0.1, -0.05) is 13.3 Å². The predicted octanol–water partition coefficient (Wildman–Crippen LogP) is 2.62. The molecule has 1 aliphatic carbocycles. The van der Waals surface area contributed by atoms with Crippen LogP contribution < -0.4 is 16.4 Å². The van der Waals surface area contributed by atoms with E-state index in [9.17, 15) is 0 Å². The lowest BCUT2D eigenvalue weighted by Gasteiger charge is -2.25. The van der Waals surface area contributed by atoms with E-state index in [2.05, 4.69) is 17.9 Å². The molecule has 88 valence electrons. The van der Waals surface area contributed by atoms with Crippen LogP contribution in [-0.2, 0) is 0 Å². The summed E-state index contributed by atoms with van der Waals surface area (Å²) >= 11 is 0. The zero-order chi connectivity index (χ0) is 11.5. The van der Waals surface area contributed by atoms with Crippen LogP contribution in [-0.4, -0.2) is 12.6 Å². The van der Waals surface area contributed by atoms with Gasteiger partial charge in [0, 0.05) is 18.3 Å². The standard InChI is InChI=1S/C13H21N3/c1-2-3-8-16(10-4-5-10)11-6-7-12(14)13(15)9-11/h6-7,9-10H,2-5,8,14-15H2,1H3. The van der Waals surface area contributed by atoms with Gasteiger partial charge in [-0.25, -0.2) is 0 Å². The van der Waals surface area contributed by atoms with E-state index in [1.54, 1.807) is 0 Å². The van der Waals surface area contributed by atoms with Crippen molar-refractivity contribution in [3.05, 3.63) is 18.2 Å². The third kappa shape index (κ3) is 2.40. The fourth-order valence-corrected chi connectivity index (χ4v) is 1.98. The molecule has 0 saturated heterocycles. The van der Waals surface area contributed by atoms with Gasteiger partial charge in [-0.3, -0.25) is 0 Å². The van der Waals surface area contributed by atoms with E-state index in [0.717, 1.165) is 12.6 Å². The van der Waals surface area contributed by atoms with Gasteiger partial charge in [0.2, 0.25) is 0 Å². The Bertz CT molecular complexity index is 358. The second-order valence-corrected chi connectivity index (χ2v) is 4.59. The van der Waals surface area contributed by atoms with Crippen molar-refractivity contribution in [3.8, 4) is 0 Å². The van der Waals surface area contributed by atoms with Gasteiger partial charge in [-0.05, 0) is 37.5 Å². The number of nitrogens with two attached hydrogens (primary N) is 2. The number of hydrogen-bond donors (Lipinski definition) is 2. The molecule has 0 radical (unpaired) electrons. The van der Waals surface area contributed by atoms with E-state index in [-0.39, 0.29) is 0 Å². The minimum absolute atomic E-state index is 0.676. The summed E-state index contributed by atoms with van der Waals surface area (Å²) in [6.45, 7) is 3.35. The van der Waals surface area contributed by atoms with Crippen LogP contribution in [0.25, 0.3) is 0 Å². The summed E-state index contributed by atoms with van der Waals surface area (Å²) < 4.78 is 0. The molecular formula is C13H21N3. The lowest BCUT2D eigenvalue weighted by Crippen LogP contribution is -2.26. The molecule has 3 nitrogen and oxygen atoms in total. The highest BCUT2D eigenvalue weighted by Gasteiger charge is 2.28. The molecule has 0 amide bonds. The summed E-state index contributed by atoms with van der Waals surface area (Å²) in [4.78, 5) is 2.47. The molecule has 1 aliphatic rings. The minimum Gasteiger partial charge on any atom is -0.397 e. The zero-order valence-corrected chi connectivity index (χ0v) is 9.95. The van der Waals surface area contributed by atoms with Crippen molar-refractivity contribution in [3.63, 3.8) is 0 Å². The van der Waals surface area contributed by atoms with Crippen molar-refractivity contribution in [2.75, 3.05) is 22.9 Å². The van der Waals surface area contributed by atoms with Gasteiger partial charge in [-0.2, -0.15) is 0 Å². The maximum Gasteiger partial charge on any atom is 0.0568 e. The van der Waals surface area contributed by atoms with Gasteiger partial charge in [-0.15, -0.1) is 0 Å². The Kier molecular flexibility index (Phi) is 3.22. The predicted molar refractivity (Wildman–Crippen MR) is 70.5 cm³/mol. The van der Waals surface area contributed by atoms with Crippen LogP contribution in [0.1, 0.15) is 32.6 Å². The number of anilines is 3. The molecule has 0 bridgehead atoms. The smallest absolute Gasteiger partial charge is 0.0568 e. The average Bonchev–Trinajstić information content (AvgIpc) is 3.08. The van der Waals surface area contributed by atoms with Gasteiger partial charge < -0.3 is 16.4 Å². The quantitative estimate of drug-likeness (QED) is 0.748. The lowest BCUT2D eigenvalue weighted by atomic mass is 10.2. The summed E-state index contributed by atoms with van der Waals surface area (Å²) in [6, 6.07) is 6.73. The van der Waals surface area contributed by atoms with Crippen LogP contribution >= 0.6 is 0 Å². The summed E-state index contributed by atoms with van der Waals surface area (Å²) in [7, 11) is 0. The molecule has 0 spiro atoms. The van der Waals surface area contributed by atoms with Crippen LogP contribution in [0, 0.1) is 0 Å². The number of rotatable bonds is 5. The average molecular weight is 219 g/mol. The maximum absolute atomic E-state index is 5.86. The highest BCUT2D eigenvalue weighted by Crippen LogP contribution is 2.33. The Balaban J connectivity index is 2.14. The van der Waals surface area contributed by atoms with Crippen LogP contribution in [0.5, 0.6) is 0 Å². The molecule has 2 rings (SSSR count). The highest BCUT2D eigenvalue weighted by atomic mass is 15.2. The summed E-state index contributed by atoms with van der Waals surface area (Å²) in [5.41, 5.74) is 14.2. The fraction of sp³-hybridized carbons (Fsp3) is 0.538. The molecule has 1 fully saturated rings. The second-order valence-electron chi connectivity index (χ2n) is 4.59. The summed E-state index contributed by atoms with van der Waals surface area (Å²) in [5, 5.41) is 0. The van der Waals surface area contributed by atoms with Crippen LogP contribution in [0.4, 0.5) is 17.1 Å². The first-order valence-corrected chi connectivity index (χ1v) is 6.14. The van der Waals surface area contributed by atoms with Crippen molar-refractivity contribution in [1.82, 2.24) is 0 Å². The Hall–Kier alpha value is -1.38. The van der Waals surface area contributed by atoms with Gasteiger partial charge in [0.05, 0.1) is 11.4 Å². The maximum atomic E-state index is 5.86. The number of nitrogen functional groups attached to an aromatic ring is 2. The van der Waals surface area contributed by atoms with E-state index in [0.29, 0.717) is 11.4 Å². The minimum atomic E-state index is 0.676. The molecule has 0 atom stereocenters. The van der Waals surface area contributed by atoms with Crippen molar-refractivity contribution in [1.29, 1.82) is 0 Å². The van der Waals surface area contributed by atoms with E-state index in [1.807, 2.05) is 12.1 Å². The first kappa shape index (κ1) is 11.1. The topological polar surface area (TPSA) is 55.3 Å². The Labute approximate surface area is 97.4 Å². The third-order valence-electron chi connectivity index (χ3n) is 3.14. The summed E-state index contributed by atoms with van der Waals surface area (Å²) in [5.74, 6) is 0. The molecule has 4 N–H and O–H groups in total. The molecule has 1 aromatic rings. The van der Waals surface area contributed by atoms with E-state index in [4.69, 9.17) is 11.5 Å². The first-order valence-electron chi connectivity index (χ1n) is 6.14. The molecule has 16 heavy (non-hydrogen) atoms. The van der Waals surface area contributed by atoms with Gasteiger partial charge in [0.1, 0.15) is 0 Å². The van der Waals surface area contributed by atoms with Crippen molar-refractivity contribution >= 4 is 17.1 Å². The molecular weight excluding hydrogens is 198 g/mol. The number of hydrogen-bond acceptors (Lipinski definition) is 3. The molecule has 0 aliphatic heterocycles. The second kappa shape index (κ2) is 4.64. The normalized spacial score (nSPS) is 15.1. The van der Waals surface area contributed by atoms with E-state index >= 15 is 0 Å². The molecule has 0 unspecified atom stereocenters. The number of unbranched alkanes of at least 4 members (excludes halogenated alkanes) is 1. The van der Waals surface area contributed by atoms with E-state index in [1.165, 1.54) is 31.4 Å². The number of benzene rings is 1. The first-order chi connectivity index (χ1) is 7.72. The Morgan fingerprint density at radius 3 is 2.56 bits per heavy atom. The molecule has 1 aromatic carbocycles. The Morgan fingerprint density at radius 1 is 1.25 bits per heavy atom. The van der Waals surface area contributed by atoms with E-state index < -0.39 is 0 Å². The van der Waals surface area contributed by atoms with Crippen LogP contribution in [0.15, 0.2) is 18.2 Å². The van der Waals surface area contributed by atoms with Gasteiger partial charge in [0.15, 0.2) is 0 Å². The van der Waals surface area contributed by atoms with Crippen molar-refractivity contribution in [2.24, 2.45) is 0 Å². The Morgan fingerprint density at radius 2 is 2.00 bits per heavy atom. The monoisotopic (exact) mass is 219 g/mol. The largest absolute Gasteiger partial charge is 0.397 e. The highest BCUT2D eigenvalue weighted by molar-refractivity contribution is 5.70. The molecule has 1 saturated carbocycles. The fourth-order valence-electron chi connectivity index (χ4n) is 1.98. The van der Waals surface area contributed by atoms with Crippen LogP contribution in [0.3, 0.4) is 0 Å². The van der Waals surface area contributed by atoms with Gasteiger partial charge in [0.25, 0.3) is 0 Å². The lowest BCUT2D eigenvalue weighted by molar-refractivity contribution is 0.713. The van der Waals surface area contributed by atoms with Crippen LogP contribution in [0.2, 0.25) is 0 Å². The summed E-state index contributed by atoms with van der Waals surface area (Å²) in [6.07, 6.45) is 5.09. The molecule has 3 heteroatoms.